The Morgan fingerprint density at radius 1 is 1.50 bits per heavy atom. The maximum Gasteiger partial charge on any atom is 0.252 e. The van der Waals surface area contributed by atoms with E-state index >= 15 is 0 Å². The van der Waals surface area contributed by atoms with Crippen LogP contribution in [0.25, 0.3) is 0 Å². The van der Waals surface area contributed by atoms with Crippen LogP contribution in [-0.4, -0.2) is 17.4 Å². The van der Waals surface area contributed by atoms with E-state index in [2.05, 4.69) is 11.9 Å². The SMILES string of the molecule is C=C1CC2=C(CSCC2)C(=O)N1. The van der Waals surface area contributed by atoms with E-state index in [9.17, 15) is 4.79 Å². The zero-order valence-corrected chi connectivity index (χ0v) is 7.67. The summed E-state index contributed by atoms with van der Waals surface area (Å²) in [6.07, 6.45) is 1.94. The molecule has 0 aromatic carbocycles. The Bertz CT molecular complexity index is 280. The number of thioether (sulfide) groups is 1. The van der Waals surface area contributed by atoms with Crippen LogP contribution in [0.4, 0.5) is 0 Å². The Kier molecular flexibility index (Phi) is 1.97. The molecule has 64 valence electrons. The minimum absolute atomic E-state index is 0.0773. The molecule has 0 spiro atoms. The van der Waals surface area contributed by atoms with E-state index in [0.29, 0.717) is 0 Å². The molecule has 2 rings (SSSR count). The third kappa shape index (κ3) is 1.29. The highest BCUT2D eigenvalue weighted by molar-refractivity contribution is 7.99. The van der Waals surface area contributed by atoms with Gasteiger partial charge in [-0.2, -0.15) is 11.8 Å². The van der Waals surface area contributed by atoms with Crippen LogP contribution in [0.3, 0.4) is 0 Å². The van der Waals surface area contributed by atoms with Crippen LogP contribution in [0.1, 0.15) is 12.8 Å². The zero-order valence-electron chi connectivity index (χ0n) is 6.85. The van der Waals surface area contributed by atoms with Crippen molar-refractivity contribution in [3.63, 3.8) is 0 Å². The van der Waals surface area contributed by atoms with Gasteiger partial charge in [-0.15, -0.1) is 0 Å². The minimum atomic E-state index is 0.0773. The van der Waals surface area contributed by atoms with Crippen molar-refractivity contribution in [3.05, 3.63) is 23.4 Å². The predicted molar refractivity (Wildman–Crippen MR) is 50.9 cm³/mol. The fourth-order valence-electron chi connectivity index (χ4n) is 1.58. The third-order valence-corrected chi connectivity index (χ3v) is 3.20. The Labute approximate surface area is 76.1 Å². The smallest absolute Gasteiger partial charge is 0.252 e. The second kappa shape index (κ2) is 2.98. The monoisotopic (exact) mass is 181 g/mol. The van der Waals surface area contributed by atoms with Gasteiger partial charge in [0.05, 0.1) is 0 Å². The lowest BCUT2D eigenvalue weighted by atomic mass is 9.97. The summed E-state index contributed by atoms with van der Waals surface area (Å²) < 4.78 is 0. The first kappa shape index (κ1) is 7.92. The van der Waals surface area contributed by atoms with Crippen molar-refractivity contribution in [2.75, 3.05) is 11.5 Å². The number of allylic oxidation sites excluding steroid dienone is 1. The molecule has 3 heteroatoms. The first-order valence-electron chi connectivity index (χ1n) is 4.05. The fourth-order valence-corrected chi connectivity index (χ4v) is 2.66. The van der Waals surface area contributed by atoms with Crippen molar-refractivity contribution in [2.24, 2.45) is 0 Å². The molecule has 0 saturated heterocycles. The van der Waals surface area contributed by atoms with Gasteiger partial charge in [0.2, 0.25) is 0 Å². The summed E-state index contributed by atoms with van der Waals surface area (Å²) in [6.45, 7) is 3.78. The molecule has 2 heterocycles. The highest BCUT2D eigenvalue weighted by Crippen LogP contribution is 2.30. The summed E-state index contributed by atoms with van der Waals surface area (Å²) in [4.78, 5) is 11.4. The molecule has 0 aromatic heterocycles. The van der Waals surface area contributed by atoms with Gasteiger partial charge >= 0.3 is 0 Å². The van der Waals surface area contributed by atoms with Gasteiger partial charge in [0.15, 0.2) is 0 Å². The second-order valence-corrected chi connectivity index (χ2v) is 4.22. The largest absolute Gasteiger partial charge is 0.326 e. The number of rotatable bonds is 0. The average molecular weight is 181 g/mol. The van der Waals surface area contributed by atoms with Crippen molar-refractivity contribution >= 4 is 17.7 Å². The average Bonchev–Trinajstić information content (AvgIpc) is 2.04. The lowest BCUT2D eigenvalue weighted by Crippen LogP contribution is -2.32. The summed E-state index contributed by atoms with van der Waals surface area (Å²) in [7, 11) is 0. The number of nitrogens with one attached hydrogen (secondary N) is 1. The van der Waals surface area contributed by atoms with E-state index in [1.54, 1.807) is 0 Å². The fraction of sp³-hybridized carbons (Fsp3) is 0.444. The number of hydrogen-bond donors (Lipinski definition) is 1. The normalized spacial score (nSPS) is 23.7. The molecule has 1 N–H and O–H groups in total. The summed E-state index contributed by atoms with van der Waals surface area (Å²) in [5.41, 5.74) is 3.16. The van der Waals surface area contributed by atoms with Crippen molar-refractivity contribution < 1.29 is 4.79 Å². The number of carbonyl (C=O) groups is 1. The van der Waals surface area contributed by atoms with Gasteiger partial charge in [-0.25, -0.2) is 0 Å². The quantitative estimate of drug-likeness (QED) is 0.613. The van der Waals surface area contributed by atoms with Crippen LogP contribution in [0.15, 0.2) is 23.4 Å². The van der Waals surface area contributed by atoms with E-state index in [4.69, 9.17) is 0 Å². The molecule has 2 nitrogen and oxygen atoms in total. The zero-order chi connectivity index (χ0) is 8.55. The van der Waals surface area contributed by atoms with E-state index in [0.717, 1.165) is 35.6 Å². The lowest BCUT2D eigenvalue weighted by Gasteiger charge is -2.25. The Balaban J connectivity index is 2.32. The van der Waals surface area contributed by atoms with E-state index in [-0.39, 0.29) is 5.91 Å². The maximum atomic E-state index is 11.4. The predicted octanol–water partition coefficient (Wildman–Crippen LogP) is 1.45. The Morgan fingerprint density at radius 3 is 3.17 bits per heavy atom. The van der Waals surface area contributed by atoms with Crippen LogP contribution in [0.2, 0.25) is 0 Å². The summed E-state index contributed by atoms with van der Waals surface area (Å²) in [5.74, 6) is 2.11. The number of amides is 1. The van der Waals surface area contributed by atoms with Crippen LogP contribution >= 0.6 is 11.8 Å². The molecule has 2 aliphatic heterocycles. The standard InChI is InChI=1S/C9H11NOS/c1-6-4-7-2-3-12-5-8(7)9(11)10-6/h1-5H2,(H,10,11). The summed E-state index contributed by atoms with van der Waals surface area (Å²) >= 11 is 1.84. The Morgan fingerprint density at radius 2 is 2.33 bits per heavy atom. The van der Waals surface area contributed by atoms with E-state index < -0.39 is 0 Å². The lowest BCUT2D eigenvalue weighted by molar-refractivity contribution is -0.117. The molecule has 0 saturated carbocycles. The Hall–Kier alpha value is -0.700. The van der Waals surface area contributed by atoms with Crippen LogP contribution in [-0.2, 0) is 4.79 Å². The summed E-state index contributed by atoms with van der Waals surface area (Å²) in [5, 5.41) is 2.77. The third-order valence-electron chi connectivity index (χ3n) is 2.21. The van der Waals surface area contributed by atoms with E-state index in [1.165, 1.54) is 5.57 Å². The van der Waals surface area contributed by atoms with Crippen molar-refractivity contribution in [1.82, 2.24) is 5.32 Å². The molecule has 1 amide bonds. The van der Waals surface area contributed by atoms with Crippen molar-refractivity contribution in [3.8, 4) is 0 Å². The van der Waals surface area contributed by atoms with Gasteiger partial charge < -0.3 is 5.32 Å². The second-order valence-electron chi connectivity index (χ2n) is 3.12. The molecular formula is C9H11NOS. The molecule has 0 aromatic rings. The maximum absolute atomic E-state index is 11.4. The highest BCUT2D eigenvalue weighted by Gasteiger charge is 2.24. The van der Waals surface area contributed by atoms with Gasteiger partial charge in [-0.05, 0) is 12.2 Å². The highest BCUT2D eigenvalue weighted by atomic mass is 32.2. The van der Waals surface area contributed by atoms with Crippen LogP contribution < -0.4 is 5.32 Å². The molecule has 0 atom stereocenters. The van der Waals surface area contributed by atoms with Gasteiger partial charge in [0.1, 0.15) is 0 Å². The first-order chi connectivity index (χ1) is 5.77. The number of hydrogen-bond acceptors (Lipinski definition) is 2. The molecule has 2 aliphatic rings. The summed E-state index contributed by atoms with van der Waals surface area (Å²) in [6, 6.07) is 0. The van der Waals surface area contributed by atoms with Gasteiger partial charge in [0, 0.05) is 23.4 Å². The molecule has 0 aliphatic carbocycles. The van der Waals surface area contributed by atoms with Crippen molar-refractivity contribution in [2.45, 2.75) is 12.8 Å². The molecule has 0 radical (unpaired) electrons. The molecule has 0 bridgehead atoms. The van der Waals surface area contributed by atoms with Gasteiger partial charge in [-0.3, -0.25) is 4.79 Å². The minimum Gasteiger partial charge on any atom is -0.326 e. The number of carbonyl (C=O) groups excluding carboxylic acids is 1. The molecule has 0 fully saturated rings. The van der Waals surface area contributed by atoms with Crippen molar-refractivity contribution in [1.29, 1.82) is 0 Å². The first-order valence-corrected chi connectivity index (χ1v) is 5.20. The molecular weight excluding hydrogens is 170 g/mol. The van der Waals surface area contributed by atoms with Gasteiger partial charge in [0.25, 0.3) is 5.91 Å². The van der Waals surface area contributed by atoms with Crippen LogP contribution in [0.5, 0.6) is 0 Å². The molecule has 0 unspecified atom stereocenters. The van der Waals surface area contributed by atoms with E-state index in [1.807, 2.05) is 11.8 Å². The topological polar surface area (TPSA) is 29.1 Å². The molecule has 12 heavy (non-hydrogen) atoms. The van der Waals surface area contributed by atoms with Crippen LogP contribution in [0, 0.1) is 0 Å². The van der Waals surface area contributed by atoms with Gasteiger partial charge in [-0.1, -0.05) is 12.2 Å².